The van der Waals surface area contributed by atoms with Crippen LogP contribution in [-0.4, -0.2) is 18.1 Å². The Hall–Kier alpha value is -1.23. The molecular weight excluding hydrogens is 265 g/mol. The number of benzene rings is 1. The molecule has 2 bridgehead atoms. The SMILES string of the molecule is Cc1ccc(N2C3CCC2CC(N)C3)cc1C(F)(F)F. The Morgan fingerprint density at radius 1 is 1.15 bits per heavy atom. The normalized spacial score (nSPS) is 29.9. The van der Waals surface area contributed by atoms with Crippen LogP contribution in [0.2, 0.25) is 0 Å². The van der Waals surface area contributed by atoms with Gasteiger partial charge in [-0.1, -0.05) is 6.07 Å². The molecule has 2 fully saturated rings. The summed E-state index contributed by atoms with van der Waals surface area (Å²) in [7, 11) is 0. The van der Waals surface area contributed by atoms with Crippen molar-refractivity contribution in [3.8, 4) is 0 Å². The van der Waals surface area contributed by atoms with Crippen LogP contribution in [0.5, 0.6) is 0 Å². The second kappa shape index (κ2) is 4.65. The predicted molar refractivity (Wildman–Crippen MR) is 72.7 cm³/mol. The monoisotopic (exact) mass is 284 g/mol. The highest BCUT2D eigenvalue weighted by molar-refractivity contribution is 5.54. The molecule has 0 aromatic heterocycles. The zero-order valence-corrected chi connectivity index (χ0v) is 11.5. The third-order valence-electron chi connectivity index (χ3n) is 4.59. The van der Waals surface area contributed by atoms with Gasteiger partial charge in [-0.3, -0.25) is 0 Å². The van der Waals surface area contributed by atoms with E-state index < -0.39 is 11.7 Å². The molecule has 2 nitrogen and oxygen atoms in total. The summed E-state index contributed by atoms with van der Waals surface area (Å²) in [6, 6.07) is 5.48. The van der Waals surface area contributed by atoms with Crippen molar-refractivity contribution in [2.24, 2.45) is 5.73 Å². The van der Waals surface area contributed by atoms with E-state index in [0.717, 1.165) is 25.7 Å². The van der Waals surface area contributed by atoms with Crippen molar-refractivity contribution in [2.45, 2.75) is 56.9 Å². The molecule has 1 aromatic rings. The van der Waals surface area contributed by atoms with E-state index >= 15 is 0 Å². The fraction of sp³-hybridized carbons (Fsp3) is 0.600. The molecule has 2 heterocycles. The average molecular weight is 284 g/mol. The van der Waals surface area contributed by atoms with Crippen LogP contribution in [0.4, 0.5) is 18.9 Å². The van der Waals surface area contributed by atoms with E-state index in [2.05, 4.69) is 4.90 Å². The first-order valence-corrected chi connectivity index (χ1v) is 7.08. The van der Waals surface area contributed by atoms with Crippen LogP contribution in [0.25, 0.3) is 0 Å². The third kappa shape index (κ3) is 2.28. The molecule has 0 amide bonds. The Bertz CT molecular complexity index is 498. The molecule has 20 heavy (non-hydrogen) atoms. The lowest BCUT2D eigenvalue weighted by molar-refractivity contribution is -0.138. The molecule has 1 aromatic carbocycles. The lowest BCUT2D eigenvalue weighted by atomic mass is 9.96. The summed E-state index contributed by atoms with van der Waals surface area (Å²) < 4.78 is 39.1. The number of halogens is 3. The summed E-state index contributed by atoms with van der Waals surface area (Å²) in [5.74, 6) is 0. The standard InChI is InChI=1S/C15H19F3N2/c1-9-2-3-13(8-14(9)15(16,17)18)20-11-4-5-12(20)7-10(19)6-11/h2-3,8,10-12H,4-7,19H2,1H3. The molecule has 0 saturated carbocycles. The van der Waals surface area contributed by atoms with E-state index in [0.29, 0.717) is 17.8 Å². The number of piperidine rings is 1. The molecule has 2 aliphatic rings. The van der Waals surface area contributed by atoms with E-state index in [-0.39, 0.29) is 11.6 Å². The summed E-state index contributed by atoms with van der Waals surface area (Å²) >= 11 is 0. The van der Waals surface area contributed by atoms with Crippen LogP contribution >= 0.6 is 0 Å². The van der Waals surface area contributed by atoms with Gasteiger partial charge in [0.1, 0.15) is 0 Å². The third-order valence-corrected chi connectivity index (χ3v) is 4.59. The highest BCUT2D eigenvalue weighted by Crippen LogP contribution is 2.41. The topological polar surface area (TPSA) is 29.3 Å². The lowest BCUT2D eigenvalue weighted by Gasteiger charge is -2.39. The number of hydrogen-bond donors (Lipinski definition) is 1. The first kappa shape index (κ1) is 13.7. The summed E-state index contributed by atoms with van der Waals surface area (Å²) in [5.41, 5.74) is 6.47. The van der Waals surface area contributed by atoms with Crippen molar-refractivity contribution in [3.05, 3.63) is 29.3 Å². The van der Waals surface area contributed by atoms with Crippen LogP contribution in [0.3, 0.4) is 0 Å². The summed E-state index contributed by atoms with van der Waals surface area (Å²) in [6.45, 7) is 1.51. The Morgan fingerprint density at radius 2 is 1.75 bits per heavy atom. The number of hydrogen-bond acceptors (Lipinski definition) is 2. The molecule has 110 valence electrons. The zero-order chi connectivity index (χ0) is 14.5. The van der Waals surface area contributed by atoms with Gasteiger partial charge in [-0.2, -0.15) is 13.2 Å². The average Bonchev–Trinajstić information content (AvgIpc) is 2.62. The molecule has 2 aliphatic heterocycles. The van der Waals surface area contributed by atoms with Gasteiger partial charge in [-0.05, 0) is 50.3 Å². The molecule has 2 atom stereocenters. The quantitative estimate of drug-likeness (QED) is 0.855. The Labute approximate surface area is 116 Å². The molecule has 0 aliphatic carbocycles. The zero-order valence-electron chi connectivity index (χ0n) is 11.5. The summed E-state index contributed by atoms with van der Waals surface area (Å²) in [4.78, 5) is 2.16. The fourth-order valence-electron chi connectivity index (χ4n) is 3.72. The van der Waals surface area contributed by atoms with Gasteiger partial charge in [0, 0.05) is 23.8 Å². The van der Waals surface area contributed by atoms with E-state index in [9.17, 15) is 13.2 Å². The van der Waals surface area contributed by atoms with Gasteiger partial charge in [0.05, 0.1) is 5.56 Å². The van der Waals surface area contributed by atoms with Crippen molar-refractivity contribution >= 4 is 5.69 Å². The minimum absolute atomic E-state index is 0.191. The van der Waals surface area contributed by atoms with Crippen LogP contribution in [0.1, 0.15) is 36.8 Å². The Morgan fingerprint density at radius 3 is 2.30 bits per heavy atom. The second-order valence-electron chi connectivity index (χ2n) is 6.02. The van der Waals surface area contributed by atoms with E-state index in [1.807, 2.05) is 6.07 Å². The van der Waals surface area contributed by atoms with Gasteiger partial charge < -0.3 is 10.6 Å². The maximum Gasteiger partial charge on any atom is 0.416 e. The largest absolute Gasteiger partial charge is 0.416 e. The van der Waals surface area contributed by atoms with Crippen molar-refractivity contribution < 1.29 is 13.2 Å². The molecule has 2 saturated heterocycles. The number of rotatable bonds is 1. The number of alkyl halides is 3. The minimum atomic E-state index is -4.29. The summed E-state index contributed by atoms with van der Waals surface area (Å²) in [6.07, 6.45) is -0.454. The molecule has 5 heteroatoms. The number of nitrogens with two attached hydrogens (primary N) is 1. The first-order valence-electron chi connectivity index (χ1n) is 7.08. The molecule has 0 spiro atoms. The summed E-state index contributed by atoms with van der Waals surface area (Å²) in [5, 5.41) is 0. The van der Waals surface area contributed by atoms with Crippen LogP contribution in [-0.2, 0) is 6.18 Å². The molecule has 2 N–H and O–H groups in total. The number of anilines is 1. The number of aryl methyl sites for hydroxylation is 1. The van der Waals surface area contributed by atoms with Gasteiger partial charge >= 0.3 is 6.18 Å². The Balaban J connectivity index is 1.96. The van der Waals surface area contributed by atoms with Gasteiger partial charge in [0.25, 0.3) is 0 Å². The van der Waals surface area contributed by atoms with Crippen molar-refractivity contribution in [3.63, 3.8) is 0 Å². The van der Waals surface area contributed by atoms with Crippen LogP contribution in [0.15, 0.2) is 18.2 Å². The van der Waals surface area contributed by atoms with E-state index in [4.69, 9.17) is 5.73 Å². The van der Waals surface area contributed by atoms with Gasteiger partial charge in [-0.15, -0.1) is 0 Å². The minimum Gasteiger partial charge on any atom is -0.365 e. The highest BCUT2D eigenvalue weighted by Gasteiger charge is 2.40. The predicted octanol–water partition coefficient (Wildman–Crippen LogP) is 3.47. The number of fused-ring (bicyclic) bond motifs is 2. The van der Waals surface area contributed by atoms with Crippen molar-refractivity contribution in [2.75, 3.05) is 4.90 Å². The number of nitrogens with zero attached hydrogens (tertiary/aromatic N) is 1. The van der Waals surface area contributed by atoms with Gasteiger partial charge in [0.15, 0.2) is 0 Å². The van der Waals surface area contributed by atoms with E-state index in [1.54, 1.807) is 6.07 Å². The first-order chi connectivity index (χ1) is 9.36. The molecule has 2 unspecified atom stereocenters. The van der Waals surface area contributed by atoms with Gasteiger partial charge in [-0.25, -0.2) is 0 Å². The highest BCUT2D eigenvalue weighted by atomic mass is 19.4. The van der Waals surface area contributed by atoms with Crippen LogP contribution in [0, 0.1) is 6.92 Å². The smallest absolute Gasteiger partial charge is 0.365 e. The maximum absolute atomic E-state index is 13.0. The molecule has 3 rings (SSSR count). The lowest BCUT2D eigenvalue weighted by Crippen LogP contribution is -2.47. The second-order valence-corrected chi connectivity index (χ2v) is 6.02. The van der Waals surface area contributed by atoms with Crippen molar-refractivity contribution in [1.29, 1.82) is 0 Å². The van der Waals surface area contributed by atoms with Crippen LogP contribution < -0.4 is 10.6 Å². The van der Waals surface area contributed by atoms with Crippen molar-refractivity contribution in [1.82, 2.24) is 0 Å². The van der Waals surface area contributed by atoms with E-state index in [1.165, 1.54) is 13.0 Å². The molecular formula is C15H19F3N2. The fourth-order valence-corrected chi connectivity index (χ4v) is 3.72. The van der Waals surface area contributed by atoms with Gasteiger partial charge in [0.2, 0.25) is 0 Å². The molecule has 0 radical (unpaired) electrons. The Kier molecular flexibility index (Phi) is 3.20. The maximum atomic E-state index is 13.0.